The van der Waals surface area contributed by atoms with Gasteiger partial charge in [0.2, 0.25) is 5.91 Å². The summed E-state index contributed by atoms with van der Waals surface area (Å²) in [5, 5.41) is 13.1. The zero-order valence-corrected chi connectivity index (χ0v) is 12.3. The topological polar surface area (TPSA) is 52.6 Å². The van der Waals surface area contributed by atoms with Crippen LogP contribution in [0.4, 0.5) is 0 Å². The van der Waals surface area contributed by atoms with Gasteiger partial charge in [-0.25, -0.2) is 0 Å². The molecule has 0 aromatic heterocycles. The Bertz CT molecular complexity index is 440. The van der Waals surface area contributed by atoms with Crippen molar-refractivity contribution in [2.75, 3.05) is 13.1 Å². The van der Waals surface area contributed by atoms with Crippen molar-refractivity contribution in [3.05, 3.63) is 35.9 Å². The van der Waals surface area contributed by atoms with E-state index in [1.165, 1.54) is 0 Å². The Morgan fingerprint density at radius 2 is 2.10 bits per heavy atom. The standard InChI is InChI=1S/C16H24N2O2/c1-16(2,20)14-9-6-10-18(14)12-15(19)17-11-13-7-4-3-5-8-13/h3-5,7-8,14,20H,6,9-12H2,1-2H3,(H,17,19). The van der Waals surface area contributed by atoms with E-state index >= 15 is 0 Å². The van der Waals surface area contributed by atoms with Crippen LogP contribution in [0.1, 0.15) is 32.3 Å². The van der Waals surface area contributed by atoms with Crippen LogP contribution < -0.4 is 5.32 Å². The molecule has 4 heteroatoms. The highest BCUT2D eigenvalue weighted by Gasteiger charge is 2.36. The van der Waals surface area contributed by atoms with Gasteiger partial charge in [0, 0.05) is 12.6 Å². The summed E-state index contributed by atoms with van der Waals surface area (Å²) in [5.74, 6) is 0.0185. The molecule has 2 N–H and O–H groups in total. The van der Waals surface area contributed by atoms with E-state index in [-0.39, 0.29) is 11.9 Å². The van der Waals surface area contributed by atoms with Gasteiger partial charge in [0.15, 0.2) is 0 Å². The number of rotatable bonds is 5. The predicted molar refractivity (Wildman–Crippen MR) is 79.2 cm³/mol. The lowest BCUT2D eigenvalue weighted by Crippen LogP contribution is -2.48. The third kappa shape index (κ3) is 4.05. The number of amides is 1. The molecule has 1 aliphatic rings. The molecule has 0 bridgehead atoms. The van der Waals surface area contributed by atoms with Gasteiger partial charge in [-0.15, -0.1) is 0 Å². The SMILES string of the molecule is CC(C)(O)C1CCCN1CC(=O)NCc1ccccc1. The smallest absolute Gasteiger partial charge is 0.234 e. The number of nitrogens with zero attached hydrogens (tertiary/aromatic N) is 1. The minimum atomic E-state index is -0.754. The summed E-state index contributed by atoms with van der Waals surface area (Å²) in [7, 11) is 0. The van der Waals surface area contributed by atoms with Crippen LogP contribution in [0.25, 0.3) is 0 Å². The zero-order valence-electron chi connectivity index (χ0n) is 12.3. The van der Waals surface area contributed by atoms with Crippen LogP contribution in [-0.2, 0) is 11.3 Å². The van der Waals surface area contributed by atoms with Gasteiger partial charge < -0.3 is 10.4 Å². The van der Waals surface area contributed by atoms with Crippen molar-refractivity contribution in [1.29, 1.82) is 0 Å². The number of aliphatic hydroxyl groups is 1. The van der Waals surface area contributed by atoms with Crippen LogP contribution in [0, 0.1) is 0 Å². The summed E-state index contributed by atoms with van der Waals surface area (Å²) in [6, 6.07) is 9.96. The van der Waals surface area contributed by atoms with Crippen molar-refractivity contribution in [2.24, 2.45) is 0 Å². The van der Waals surface area contributed by atoms with E-state index < -0.39 is 5.60 Å². The molecule has 1 aliphatic heterocycles. The molecular weight excluding hydrogens is 252 g/mol. The van der Waals surface area contributed by atoms with E-state index in [0.717, 1.165) is 24.9 Å². The lowest BCUT2D eigenvalue weighted by molar-refractivity contribution is -0.123. The molecular formula is C16H24N2O2. The van der Waals surface area contributed by atoms with Gasteiger partial charge in [-0.2, -0.15) is 0 Å². The van der Waals surface area contributed by atoms with E-state index in [9.17, 15) is 9.90 Å². The van der Waals surface area contributed by atoms with E-state index in [1.54, 1.807) is 0 Å². The van der Waals surface area contributed by atoms with Gasteiger partial charge in [-0.1, -0.05) is 30.3 Å². The molecule has 1 atom stereocenters. The highest BCUT2D eigenvalue weighted by atomic mass is 16.3. The summed E-state index contributed by atoms with van der Waals surface area (Å²) in [4.78, 5) is 14.1. The van der Waals surface area contributed by atoms with Crippen LogP contribution in [0.5, 0.6) is 0 Å². The quantitative estimate of drug-likeness (QED) is 0.857. The molecule has 2 rings (SSSR count). The number of carbonyl (C=O) groups excluding carboxylic acids is 1. The minimum absolute atomic E-state index is 0.0185. The molecule has 4 nitrogen and oxygen atoms in total. The van der Waals surface area contributed by atoms with Gasteiger partial charge in [0.1, 0.15) is 0 Å². The zero-order chi connectivity index (χ0) is 14.6. The lowest BCUT2D eigenvalue weighted by Gasteiger charge is -2.33. The number of hydrogen-bond acceptors (Lipinski definition) is 3. The molecule has 0 aliphatic carbocycles. The van der Waals surface area contributed by atoms with Crippen LogP contribution in [0.3, 0.4) is 0 Å². The van der Waals surface area contributed by atoms with E-state index in [0.29, 0.717) is 13.1 Å². The number of carbonyl (C=O) groups is 1. The normalized spacial score (nSPS) is 20.1. The maximum Gasteiger partial charge on any atom is 0.234 e. The summed E-state index contributed by atoms with van der Waals surface area (Å²) < 4.78 is 0. The maximum atomic E-state index is 12.0. The van der Waals surface area contributed by atoms with Gasteiger partial charge in [-0.05, 0) is 38.8 Å². The molecule has 0 saturated carbocycles. The largest absolute Gasteiger partial charge is 0.389 e. The van der Waals surface area contributed by atoms with E-state index in [4.69, 9.17) is 0 Å². The molecule has 0 radical (unpaired) electrons. The molecule has 20 heavy (non-hydrogen) atoms. The molecule has 1 fully saturated rings. The first-order chi connectivity index (χ1) is 9.47. The molecule has 1 saturated heterocycles. The second-order valence-corrected chi connectivity index (χ2v) is 6.04. The number of hydrogen-bond donors (Lipinski definition) is 2. The Balaban J connectivity index is 1.82. The first-order valence-corrected chi connectivity index (χ1v) is 7.24. The van der Waals surface area contributed by atoms with Crippen molar-refractivity contribution >= 4 is 5.91 Å². The third-order valence-corrected chi connectivity index (χ3v) is 3.86. The van der Waals surface area contributed by atoms with Crippen LogP contribution >= 0.6 is 0 Å². The second kappa shape index (κ2) is 6.37. The average Bonchev–Trinajstić information content (AvgIpc) is 2.86. The second-order valence-electron chi connectivity index (χ2n) is 6.04. The molecule has 1 amide bonds. The van der Waals surface area contributed by atoms with Crippen LogP contribution in [0.15, 0.2) is 30.3 Å². The molecule has 1 aromatic carbocycles. The molecule has 1 heterocycles. The van der Waals surface area contributed by atoms with Gasteiger partial charge in [0.05, 0.1) is 12.1 Å². The molecule has 0 spiro atoms. The fourth-order valence-corrected chi connectivity index (χ4v) is 2.85. The molecule has 110 valence electrons. The maximum absolute atomic E-state index is 12.0. The highest BCUT2D eigenvalue weighted by molar-refractivity contribution is 5.78. The van der Waals surface area contributed by atoms with E-state index in [2.05, 4.69) is 10.2 Å². The fourth-order valence-electron chi connectivity index (χ4n) is 2.85. The van der Waals surface area contributed by atoms with Crippen LogP contribution in [-0.4, -0.2) is 40.6 Å². The summed E-state index contributed by atoms with van der Waals surface area (Å²) in [5.41, 5.74) is 0.345. The Morgan fingerprint density at radius 1 is 1.40 bits per heavy atom. The Labute approximate surface area is 120 Å². The first-order valence-electron chi connectivity index (χ1n) is 7.24. The van der Waals surface area contributed by atoms with Crippen molar-refractivity contribution in [2.45, 2.75) is 44.9 Å². The van der Waals surface area contributed by atoms with Gasteiger partial charge in [0.25, 0.3) is 0 Å². The summed E-state index contributed by atoms with van der Waals surface area (Å²) >= 11 is 0. The van der Waals surface area contributed by atoms with E-state index in [1.807, 2.05) is 44.2 Å². The number of nitrogens with one attached hydrogen (secondary N) is 1. The van der Waals surface area contributed by atoms with Crippen molar-refractivity contribution < 1.29 is 9.90 Å². The Morgan fingerprint density at radius 3 is 2.75 bits per heavy atom. The lowest BCUT2D eigenvalue weighted by atomic mass is 9.97. The Kier molecular flexibility index (Phi) is 4.78. The predicted octanol–water partition coefficient (Wildman–Crippen LogP) is 1.54. The van der Waals surface area contributed by atoms with Crippen LogP contribution in [0.2, 0.25) is 0 Å². The van der Waals surface area contributed by atoms with Gasteiger partial charge in [-0.3, -0.25) is 9.69 Å². The summed E-state index contributed by atoms with van der Waals surface area (Å²) in [6.07, 6.45) is 2.00. The van der Waals surface area contributed by atoms with Crippen molar-refractivity contribution in [3.63, 3.8) is 0 Å². The number of benzene rings is 1. The number of likely N-dealkylation sites (tertiary alicyclic amines) is 1. The molecule has 1 unspecified atom stereocenters. The van der Waals surface area contributed by atoms with Crippen molar-refractivity contribution in [1.82, 2.24) is 10.2 Å². The minimum Gasteiger partial charge on any atom is -0.389 e. The van der Waals surface area contributed by atoms with Gasteiger partial charge >= 0.3 is 0 Å². The van der Waals surface area contributed by atoms with Crippen molar-refractivity contribution in [3.8, 4) is 0 Å². The molecule has 1 aromatic rings. The highest BCUT2D eigenvalue weighted by Crippen LogP contribution is 2.26. The Hall–Kier alpha value is -1.39. The third-order valence-electron chi connectivity index (χ3n) is 3.86. The summed E-state index contributed by atoms with van der Waals surface area (Å²) in [6.45, 7) is 5.44. The first kappa shape index (κ1) is 15.0. The average molecular weight is 276 g/mol. The fraction of sp³-hybridized carbons (Fsp3) is 0.562. The monoisotopic (exact) mass is 276 g/mol.